The predicted octanol–water partition coefficient (Wildman–Crippen LogP) is 2.03. The second-order valence-electron chi connectivity index (χ2n) is 4.50. The molecule has 0 aliphatic carbocycles. The summed E-state index contributed by atoms with van der Waals surface area (Å²) in [6.45, 7) is 1.70. The lowest BCUT2D eigenvalue weighted by Gasteiger charge is -2.11. The van der Waals surface area contributed by atoms with Crippen LogP contribution in [0.2, 0.25) is 0 Å². The third kappa shape index (κ3) is 3.46. The Morgan fingerprint density at radius 1 is 1.56 bits per heavy atom. The molecule has 0 bridgehead atoms. The molecule has 3 N–H and O–H groups in total. The standard InChI is InChI=1S/C13H17BrN2O2/c14-9-3-4-12(17)11(8-9)13(18)16-7-5-10-2-1-6-15-10/h3-4,8,10,15,17H,1-2,5-7H2,(H,16,18)/t10-/m0/s1. The normalized spacial score (nSPS) is 18.8. The Kier molecular flexibility index (Phi) is 4.60. The summed E-state index contributed by atoms with van der Waals surface area (Å²) in [6, 6.07) is 5.35. The number of nitrogens with one attached hydrogen (secondary N) is 2. The van der Waals surface area contributed by atoms with Crippen LogP contribution in [0.1, 0.15) is 29.6 Å². The minimum Gasteiger partial charge on any atom is -0.507 e. The first-order valence-electron chi connectivity index (χ1n) is 6.17. The molecule has 1 fully saturated rings. The number of rotatable bonds is 4. The number of carbonyl (C=O) groups is 1. The van der Waals surface area contributed by atoms with Gasteiger partial charge >= 0.3 is 0 Å². The van der Waals surface area contributed by atoms with Crippen molar-refractivity contribution in [1.82, 2.24) is 10.6 Å². The van der Waals surface area contributed by atoms with E-state index < -0.39 is 0 Å². The average molecular weight is 313 g/mol. The van der Waals surface area contributed by atoms with Crippen LogP contribution >= 0.6 is 15.9 Å². The molecule has 1 aliphatic rings. The largest absolute Gasteiger partial charge is 0.507 e. The van der Waals surface area contributed by atoms with Crippen molar-refractivity contribution in [3.8, 4) is 5.75 Å². The average Bonchev–Trinajstić information content (AvgIpc) is 2.85. The summed E-state index contributed by atoms with van der Waals surface area (Å²) in [5.41, 5.74) is 0.309. The van der Waals surface area contributed by atoms with E-state index in [2.05, 4.69) is 26.6 Å². The summed E-state index contributed by atoms with van der Waals surface area (Å²) in [5.74, 6) is -0.221. The molecule has 0 spiro atoms. The zero-order valence-electron chi connectivity index (χ0n) is 10.1. The van der Waals surface area contributed by atoms with Gasteiger partial charge in [0.2, 0.25) is 0 Å². The Labute approximate surface area is 115 Å². The number of amides is 1. The molecule has 18 heavy (non-hydrogen) atoms. The molecule has 1 aliphatic heterocycles. The molecule has 4 nitrogen and oxygen atoms in total. The number of halogens is 1. The molecule has 1 heterocycles. The smallest absolute Gasteiger partial charge is 0.255 e. The van der Waals surface area contributed by atoms with E-state index in [-0.39, 0.29) is 11.7 Å². The van der Waals surface area contributed by atoms with Crippen molar-refractivity contribution >= 4 is 21.8 Å². The molecule has 98 valence electrons. The number of aromatic hydroxyl groups is 1. The van der Waals surface area contributed by atoms with E-state index in [4.69, 9.17) is 0 Å². The van der Waals surface area contributed by atoms with E-state index in [1.165, 1.54) is 18.9 Å². The fourth-order valence-electron chi connectivity index (χ4n) is 2.15. The van der Waals surface area contributed by atoms with Crippen molar-refractivity contribution in [2.45, 2.75) is 25.3 Å². The second-order valence-corrected chi connectivity index (χ2v) is 5.41. The topological polar surface area (TPSA) is 61.4 Å². The monoisotopic (exact) mass is 312 g/mol. The lowest BCUT2D eigenvalue weighted by molar-refractivity contribution is 0.0949. The molecule has 0 radical (unpaired) electrons. The Balaban J connectivity index is 1.85. The zero-order chi connectivity index (χ0) is 13.0. The summed E-state index contributed by atoms with van der Waals surface area (Å²) < 4.78 is 0.780. The highest BCUT2D eigenvalue weighted by Crippen LogP contribution is 2.21. The summed E-state index contributed by atoms with van der Waals surface area (Å²) in [6.07, 6.45) is 3.32. The lowest BCUT2D eigenvalue weighted by atomic mass is 10.1. The number of hydrogen-bond donors (Lipinski definition) is 3. The van der Waals surface area contributed by atoms with Gasteiger partial charge in [-0.2, -0.15) is 0 Å². The van der Waals surface area contributed by atoms with Gasteiger partial charge < -0.3 is 15.7 Å². The fraction of sp³-hybridized carbons (Fsp3) is 0.462. The van der Waals surface area contributed by atoms with Crippen molar-refractivity contribution in [3.63, 3.8) is 0 Å². The quantitative estimate of drug-likeness (QED) is 0.797. The minimum atomic E-state index is -0.230. The maximum atomic E-state index is 11.9. The van der Waals surface area contributed by atoms with Crippen molar-refractivity contribution in [3.05, 3.63) is 28.2 Å². The number of hydrogen-bond acceptors (Lipinski definition) is 3. The van der Waals surface area contributed by atoms with Gasteiger partial charge in [0.15, 0.2) is 0 Å². The Morgan fingerprint density at radius 2 is 2.39 bits per heavy atom. The zero-order valence-corrected chi connectivity index (χ0v) is 11.7. The number of phenols is 1. The highest BCUT2D eigenvalue weighted by Gasteiger charge is 2.15. The van der Waals surface area contributed by atoms with Crippen LogP contribution in [0.3, 0.4) is 0 Å². The van der Waals surface area contributed by atoms with Crippen LogP contribution in [-0.2, 0) is 0 Å². The lowest BCUT2D eigenvalue weighted by Crippen LogP contribution is -2.30. The van der Waals surface area contributed by atoms with Gasteiger partial charge in [-0.15, -0.1) is 0 Å². The molecular weight excluding hydrogens is 296 g/mol. The maximum Gasteiger partial charge on any atom is 0.255 e. The van der Waals surface area contributed by atoms with Crippen LogP contribution in [0.25, 0.3) is 0 Å². The van der Waals surface area contributed by atoms with Gasteiger partial charge in [0.05, 0.1) is 5.56 Å². The van der Waals surface area contributed by atoms with Gasteiger partial charge in [-0.1, -0.05) is 15.9 Å². The van der Waals surface area contributed by atoms with Crippen molar-refractivity contribution in [2.75, 3.05) is 13.1 Å². The van der Waals surface area contributed by atoms with Crippen LogP contribution in [0.15, 0.2) is 22.7 Å². The Bertz CT molecular complexity index is 431. The van der Waals surface area contributed by atoms with Gasteiger partial charge in [0.1, 0.15) is 5.75 Å². The molecule has 0 aromatic heterocycles. The molecule has 1 atom stereocenters. The molecule has 2 rings (SSSR count). The fourth-order valence-corrected chi connectivity index (χ4v) is 2.51. The molecule has 1 aromatic carbocycles. The first-order valence-corrected chi connectivity index (χ1v) is 6.96. The number of carbonyl (C=O) groups excluding carboxylic acids is 1. The Hall–Kier alpha value is -1.07. The van der Waals surface area contributed by atoms with E-state index in [0.29, 0.717) is 18.2 Å². The van der Waals surface area contributed by atoms with Gasteiger partial charge in [-0.25, -0.2) is 0 Å². The molecule has 1 aromatic rings. The van der Waals surface area contributed by atoms with E-state index in [1.807, 2.05) is 0 Å². The summed E-state index contributed by atoms with van der Waals surface area (Å²) in [7, 11) is 0. The molecule has 1 amide bonds. The number of phenolic OH excluding ortho intramolecular Hbond substituents is 1. The van der Waals surface area contributed by atoms with Crippen LogP contribution in [0.4, 0.5) is 0 Å². The maximum absolute atomic E-state index is 11.9. The van der Waals surface area contributed by atoms with Crippen molar-refractivity contribution < 1.29 is 9.90 Å². The minimum absolute atomic E-state index is 0.00897. The van der Waals surface area contributed by atoms with Gasteiger partial charge in [0.25, 0.3) is 5.91 Å². The molecule has 5 heteroatoms. The predicted molar refractivity (Wildman–Crippen MR) is 73.8 cm³/mol. The molecule has 0 saturated carbocycles. The first kappa shape index (κ1) is 13.4. The number of benzene rings is 1. The Morgan fingerprint density at radius 3 is 3.11 bits per heavy atom. The van der Waals surface area contributed by atoms with E-state index in [9.17, 15) is 9.90 Å². The van der Waals surface area contributed by atoms with Crippen LogP contribution in [0, 0.1) is 0 Å². The van der Waals surface area contributed by atoms with Crippen molar-refractivity contribution in [2.24, 2.45) is 0 Å². The summed E-state index contributed by atoms with van der Waals surface area (Å²) >= 11 is 3.29. The molecular formula is C13H17BrN2O2. The van der Waals surface area contributed by atoms with E-state index in [0.717, 1.165) is 17.4 Å². The summed E-state index contributed by atoms with van der Waals surface area (Å²) in [5, 5.41) is 15.8. The third-order valence-electron chi connectivity index (χ3n) is 3.14. The van der Waals surface area contributed by atoms with Crippen LogP contribution in [0.5, 0.6) is 5.75 Å². The highest BCUT2D eigenvalue weighted by molar-refractivity contribution is 9.10. The molecule has 1 saturated heterocycles. The van der Waals surface area contributed by atoms with Crippen molar-refractivity contribution in [1.29, 1.82) is 0 Å². The third-order valence-corrected chi connectivity index (χ3v) is 3.64. The summed E-state index contributed by atoms with van der Waals surface area (Å²) in [4.78, 5) is 11.9. The first-order chi connectivity index (χ1) is 8.66. The van der Waals surface area contributed by atoms with E-state index in [1.54, 1.807) is 12.1 Å². The van der Waals surface area contributed by atoms with Crippen LogP contribution < -0.4 is 10.6 Å². The van der Waals surface area contributed by atoms with E-state index >= 15 is 0 Å². The highest BCUT2D eigenvalue weighted by atomic mass is 79.9. The van der Waals surface area contributed by atoms with Gasteiger partial charge in [-0.3, -0.25) is 4.79 Å². The SMILES string of the molecule is O=C(NCC[C@@H]1CCCN1)c1cc(Br)ccc1O. The second kappa shape index (κ2) is 6.20. The van der Waals surface area contributed by atoms with Crippen LogP contribution in [-0.4, -0.2) is 30.1 Å². The van der Waals surface area contributed by atoms with Gasteiger partial charge in [-0.05, 0) is 44.0 Å². The van der Waals surface area contributed by atoms with Gasteiger partial charge in [0, 0.05) is 17.1 Å². The molecule has 0 unspecified atom stereocenters.